The van der Waals surface area contributed by atoms with Gasteiger partial charge in [-0.2, -0.15) is 0 Å². The summed E-state index contributed by atoms with van der Waals surface area (Å²) in [5, 5.41) is 0. The molecule has 19 heavy (non-hydrogen) atoms. The topological polar surface area (TPSA) is 84.7 Å². The molecule has 0 spiro atoms. The molecule has 102 valence electrons. The van der Waals surface area contributed by atoms with E-state index in [1.807, 2.05) is 13.1 Å². The SMILES string of the molecule is CN1C(=O)Cc2cc(CCCCN=C(N)N)ccc21. The first-order chi connectivity index (χ1) is 9.08. The minimum atomic E-state index is 0.152. The van der Waals surface area contributed by atoms with Crippen LogP contribution in [0.25, 0.3) is 0 Å². The highest BCUT2D eigenvalue weighted by molar-refractivity contribution is 6.00. The summed E-state index contributed by atoms with van der Waals surface area (Å²) in [6.07, 6.45) is 3.52. The number of rotatable bonds is 5. The third kappa shape index (κ3) is 3.24. The van der Waals surface area contributed by atoms with Gasteiger partial charge in [0, 0.05) is 19.3 Å². The molecule has 1 aromatic rings. The average molecular weight is 260 g/mol. The van der Waals surface area contributed by atoms with E-state index >= 15 is 0 Å². The molecule has 0 bridgehead atoms. The van der Waals surface area contributed by atoms with Crippen molar-refractivity contribution in [3.8, 4) is 0 Å². The van der Waals surface area contributed by atoms with Gasteiger partial charge in [-0.1, -0.05) is 12.1 Å². The lowest BCUT2D eigenvalue weighted by molar-refractivity contribution is -0.117. The highest BCUT2D eigenvalue weighted by Crippen LogP contribution is 2.28. The zero-order valence-electron chi connectivity index (χ0n) is 11.2. The maximum atomic E-state index is 11.6. The normalized spacial score (nSPS) is 13.5. The van der Waals surface area contributed by atoms with Gasteiger partial charge in [-0.05, 0) is 36.5 Å². The molecule has 0 fully saturated rings. The summed E-state index contributed by atoms with van der Waals surface area (Å²) >= 11 is 0. The number of benzene rings is 1. The maximum absolute atomic E-state index is 11.6. The number of guanidine groups is 1. The van der Waals surface area contributed by atoms with Crippen LogP contribution in [0.5, 0.6) is 0 Å². The number of unbranched alkanes of at least 4 members (excludes halogenated alkanes) is 1. The Morgan fingerprint density at radius 2 is 2.16 bits per heavy atom. The van der Waals surface area contributed by atoms with Crippen LogP contribution in [0.1, 0.15) is 24.0 Å². The molecule has 0 radical (unpaired) electrons. The number of fused-ring (bicyclic) bond motifs is 1. The van der Waals surface area contributed by atoms with Crippen molar-refractivity contribution < 1.29 is 4.79 Å². The number of likely N-dealkylation sites (N-methyl/N-ethyl adjacent to an activating group) is 1. The number of aryl methyl sites for hydroxylation is 1. The number of nitrogens with zero attached hydrogens (tertiary/aromatic N) is 2. The lowest BCUT2D eigenvalue weighted by atomic mass is 10.0. The second kappa shape index (κ2) is 5.73. The lowest BCUT2D eigenvalue weighted by Gasteiger charge is -2.10. The van der Waals surface area contributed by atoms with Gasteiger partial charge in [0.05, 0.1) is 6.42 Å². The van der Waals surface area contributed by atoms with Gasteiger partial charge in [0.1, 0.15) is 0 Å². The van der Waals surface area contributed by atoms with E-state index in [-0.39, 0.29) is 11.9 Å². The Morgan fingerprint density at radius 1 is 1.37 bits per heavy atom. The van der Waals surface area contributed by atoms with E-state index < -0.39 is 0 Å². The summed E-state index contributed by atoms with van der Waals surface area (Å²) in [6, 6.07) is 6.26. The lowest BCUT2D eigenvalue weighted by Crippen LogP contribution is -2.22. The van der Waals surface area contributed by atoms with Crippen LogP contribution in [0.3, 0.4) is 0 Å². The maximum Gasteiger partial charge on any atom is 0.231 e. The van der Waals surface area contributed by atoms with Gasteiger partial charge in [0.25, 0.3) is 0 Å². The average Bonchev–Trinajstić information content (AvgIpc) is 2.64. The van der Waals surface area contributed by atoms with Crippen LogP contribution in [0.15, 0.2) is 23.2 Å². The molecular formula is C14H20N4O. The van der Waals surface area contributed by atoms with Crippen molar-refractivity contribution in [3.63, 3.8) is 0 Å². The highest BCUT2D eigenvalue weighted by atomic mass is 16.2. The highest BCUT2D eigenvalue weighted by Gasteiger charge is 2.23. The van der Waals surface area contributed by atoms with E-state index in [9.17, 15) is 4.79 Å². The molecule has 5 nitrogen and oxygen atoms in total. The summed E-state index contributed by atoms with van der Waals surface area (Å²) in [7, 11) is 1.82. The van der Waals surface area contributed by atoms with E-state index in [0.29, 0.717) is 13.0 Å². The number of amides is 1. The molecule has 5 heteroatoms. The smallest absolute Gasteiger partial charge is 0.231 e. The van der Waals surface area contributed by atoms with Crippen LogP contribution >= 0.6 is 0 Å². The van der Waals surface area contributed by atoms with Crippen molar-refractivity contribution >= 4 is 17.6 Å². The number of carbonyl (C=O) groups is 1. The second-order valence-corrected chi connectivity index (χ2v) is 4.86. The first-order valence-electron chi connectivity index (χ1n) is 6.51. The van der Waals surface area contributed by atoms with Crippen LogP contribution in [0, 0.1) is 0 Å². The summed E-state index contributed by atoms with van der Waals surface area (Å²) in [6.45, 7) is 0.675. The van der Waals surface area contributed by atoms with Crippen LogP contribution in [-0.4, -0.2) is 25.5 Å². The van der Waals surface area contributed by atoms with Crippen LogP contribution in [0.2, 0.25) is 0 Å². The monoisotopic (exact) mass is 260 g/mol. The Morgan fingerprint density at radius 3 is 2.89 bits per heavy atom. The predicted molar refractivity (Wildman–Crippen MR) is 77.2 cm³/mol. The van der Waals surface area contributed by atoms with Gasteiger partial charge in [0.15, 0.2) is 5.96 Å². The molecule has 1 aliphatic rings. The van der Waals surface area contributed by atoms with Gasteiger partial charge in [0.2, 0.25) is 5.91 Å². The second-order valence-electron chi connectivity index (χ2n) is 4.86. The van der Waals surface area contributed by atoms with E-state index in [1.54, 1.807) is 4.90 Å². The molecule has 1 amide bonds. The Hall–Kier alpha value is -2.04. The van der Waals surface area contributed by atoms with Crippen molar-refractivity contribution in [1.82, 2.24) is 0 Å². The quantitative estimate of drug-likeness (QED) is 0.466. The summed E-state index contributed by atoms with van der Waals surface area (Å²) in [5.41, 5.74) is 14.0. The molecule has 0 atom stereocenters. The van der Waals surface area contributed by atoms with Crippen molar-refractivity contribution in [2.24, 2.45) is 16.5 Å². The van der Waals surface area contributed by atoms with E-state index in [1.165, 1.54) is 5.56 Å². The zero-order chi connectivity index (χ0) is 13.8. The Labute approximate surface area is 113 Å². The molecule has 0 unspecified atom stereocenters. The van der Waals surface area contributed by atoms with Crippen molar-refractivity contribution in [2.45, 2.75) is 25.7 Å². The molecule has 0 saturated heterocycles. The Kier molecular flexibility index (Phi) is 4.04. The van der Waals surface area contributed by atoms with E-state index in [4.69, 9.17) is 11.5 Å². The first kappa shape index (κ1) is 13.4. The van der Waals surface area contributed by atoms with Gasteiger partial charge in [-0.25, -0.2) is 0 Å². The van der Waals surface area contributed by atoms with E-state index in [0.717, 1.165) is 30.5 Å². The number of hydrogen-bond acceptors (Lipinski definition) is 2. The zero-order valence-corrected chi connectivity index (χ0v) is 11.2. The Balaban J connectivity index is 1.88. The predicted octanol–water partition coefficient (Wildman–Crippen LogP) is 0.802. The van der Waals surface area contributed by atoms with Gasteiger partial charge in [-0.15, -0.1) is 0 Å². The van der Waals surface area contributed by atoms with Gasteiger partial charge >= 0.3 is 0 Å². The molecule has 0 aliphatic carbocycles. The fourth-order valence-corrected chi connectivity index (χ4v) is 2.33. The van der Waals surface area contributed by atoms with Crippen LogP contribution < -0.4 is 16.4 Å². The molecule has 0 aromatic heterocycles. The van der Waals surface area contributed by atoms with Crippen molar-refractivity contribution in [1.29, 1.82) is 0 Å². The standard InChI is InChI=1S/C14H20N4O/c1-18-12-6-5-10(8-11(12)9-13(18)19)4-2-3-7-17-14(15)16/h5-6,8H,2-4,7,9H2,1H3,(H4,15,16,17). The minimum absolute atomic E-state index is 0.152. The number of hydrogen-bond donors (Lipinski definition) is 2. The number of nitrogens with two attached hydrogens (primary N) is 2. The first-order valence-corrected chi connectivity index (χ1v) is 6.51. The van der Waals surface area contributed by atoms with Gasteiger partial charge in [-0.3, -0.25) is 9.79 Å². The number of aliphatic imine (C=N–C) groups is 1. The fraction of sp³-hybridized carbons (Fsp3) is 0.429. The molecular weight excluding hydrogens is 240 g/mol. The minimum Gasteiger partial charge on any atom is -0.370 e. The molecule has 1 aromatic carbocycles. The van der Waals surface area contributed by atoms with Crippen LogP contribution in [-0.2, 0) is 17.6 Å². The fourth-order valence-electron chi connectivity index (χ4n) is 2.33. The van der Waals surface area contributed by atoms with Gasteiger partial charge < -0.3 is 16.4 Å². The molecule has 4 N–H and O–H groups in total. The third-order valence-corrected chi connectivity index (χ3v) is 3.39. The van der Waals surface area contributed by atoms with E-state index in [2.05, 4.69) is 17.1 Å². The van der Waals surface area contributed by atoms with Crippen molar-refractivity contribution in [3.05, 3.63) is 29.3 Å². The third-order valence-electron chi connectivity index (χ3n) is 3.39. The molecule has 2 rings (SSSR count). The largest absolute Gasteiger partial charge is 0.370 e. The molecule has 1 heterocycles. The summed E-state index contributed by atoms with van der Waals surface area (Å²) in [5.74, 6) is 0.319. The molecule has 1 aliphatic heterocycles. The summed E-state index contributed by atoms with van der Waals surface area (Å²) < 4.78 is 0. The van der Waals surface area contributed by atoms with Crippen molar-refractivity contribution in [2.75, 3.05) is 18.5 Å². The summed E-state index contributed by atoms with van der Waals surface area (Å²) in [4.78, 5) is 17.3. The Bertz CT molecular complexity index is 506. The number of carbonyl (C=O) groups excluding carboxylic acids is 1. The molecule has 0 saturated carbocycles. The van der Waals surface area contributed by atoms with Crippen LogP contribution in [0.4, 0.5) is 5.69 Å². The number of anilines is 1.